The summed E-state index contributed by atoms with van der Waals surface area (Å²) >= 11 is 0. The standard InChI is InChI=1S/C22H22N4O3/c23-21-19-20(17-5-1-2-6-18(17)25-21)26(14-24-19)11-13-29-12-3-4-15-7-9-16(10-8-15)22(27)28/h1-2,5-10,14H,3-4,11-13H2,(H2,23,25)(H,27,28). The van der Waals surface area contributed by atoms with Crippen LogP contribution in [-0.2, 0) is 17.7 Å². The van der Waals surface area contributed by atoms with Crippen molar-refractivity contribution < 1.29 is 14.6 Å². The van der Waals surface area contributed by atoms with E-state index in [0.29, 0.717) is 36.7 Å². The van der Waals surface area contributed by atoms with Gasteiger partial charge in [0.1, 0.15) is 5.52 Å². The Bertz CT molecular complexity index is 1150. The molecule has 0 radical (unpaired) electrons. The highest BCUT2D eigenvalue weighted by molar-refractivity contribution is 6.06. The largest absolute Gasteiger partial charge is 0.478 e. The fourth-order valence-electron chi connectivity index (χ4n) is 3.43. The third-order valence-corrected chi connectivity index (χ3v) is 4.91. The van der Waals surface area contributed by atoms with Crippen LogP contribution in [0.25, 0.3) is 21.9 Å². The molecule has 7 nitrogen and oxygen atoms in total. The molecule has 2 heterocycles. The number of aromatic carboxylic acids is 1. The molecule has 3 N–H and O–H groups in total. The summed E-state index contributed by atoms with van der Waals surface area (Å²) in [5.41, 5.74) is 10.0. The van der Waals surface area contributed by atoms with Crippen LogP contribution in [0.4, 0.5) is 5.82 Å². The fourth-order valence-corrected chi connectivity index (χ4v) is 3.43. The Labute approximate surface area is 167 Å². The molecule has 0 saturated carbocycles. The Balaban J connectivity index is 1.32. The van der Waals surface area contributed by atoms with Crippen LogP contribution in [0, 0.1) is 0 Å². The number of fused-ring (bicyclic) bond motifs is 3. The minimum atomic E-state index is -0.905. The van der Waals surface area contributed by atoms with Gasteiger partial charge in [0.15, 0.2) is 5.82 Å². The molecule has 148 valence electrons. The zero-order valence-electron chi connectivity index (χ0n) is 15.9. The number of aromatic nitrogens is 3. The molecule has 2 aromatic heterocycles. The predicted octanol–water partition coefficient (Wildman–Crippen LogP) is 3.51. The van der Waals surface area contributed by atoms with Crippen LogP contribution in [0.1, 0.15) is 22.3 Å². The number of anilines is 1. The number of nitrogens with two attached hydrogens (primary N) is 1. The number of carboxylic acid groups (broad SMARTS) is 1. The van der Waals surface area contributed by atoms with E-state index in [1.54, 1.807) is 18.5 Å². The van der Waals surface area contributed by atoms with Crippen molar-refractivity contribution in [2.45, 2.75) is 19.4 Å². The fraction of sp³-hybridized carbons (Fsp3) is 0.227. The number of benzene rings is 2. The van der Waals surface area contributed by atoms with Gasteiger partial charge in [-0.25, -0.2) is 14.8 Å². The topological polar surface area (TPSA) is 103 Å². The lowest BCUT2D eigenvalue weighted by Crippen LogP contribution is -2.07. The van der Waals surface area contributed by atoms with E-state index in [4.69, 9.17) is 15.6 Å². The van der Waals surface area contributed by atoms with Crippen molar-refractivity contribution in [2.75, 3.05) is 18.9 Å². The summed E-state index contributed by atoms with van der Waals surface area (Å²) in [6.07, 6.45) is 3.50. The summed E-state index contributed by atoms with van der Waals surface area (Å²) in [6.45, 7) is 1.88. The number of hydrogen-bond acceptors (Lipinski definition) is 5. The molecule has 0 aliphatic carbocycles. The zero-order chi connectivity index (χ0) is 20.2. The Morgan fingerprint density at radius 2 is 1.90 bits per heavy atom. The highest BCUT2D eigenvalue weighted by Crippen LogP contribution is 2.26. The van der Waals surface area contributed by atoms with Crippen LogP contribution in [-0.4, -0.2) is 38.8 Å². The van der Waals surface area contributed by atoms with Crippen molar-refractivity contribution in [1.82, 2.24) is 14.5 Å². The molecule has 0 fully saturated rings. The van der Waals surface area contributed by atoms with Crippen molar-refractivity contribution in [2.24, 2.45) is 0 Å². The highest BCUT2D eigenvalue weighted by Gasteiger charge is 2.11. The van der Waals surface area contributed by atoms with E-state index in [2.05, 4.69) is 14.5 Å². The van der Waals surface area contributed by atoms with Gasteiger partial charge in [-0.1, -0.05) is 30.3 Å². The Morgan fingerprint density at radius 1 is 1.10 bits per heavy atom. The third-order valence-electron chi connectivity index (χ3n) is 4.91. The molecule has 2 aromatic carbocycles. The first kappa shape index (κ1) is 18.9. The quantitative estimate of drug-likeness (QED) is 0.446. The number of pyridine rings is 1. The second-order valence-electron chi connectivity index (χ2n) is 6.87. The average molecular weight is 390 g/mol. The minimum Gasteiger partial charge on any atom is -0.478 e. The maximum absolute atomic E-state index is 10.9. The summed E-state index contributed by atoms with van der Waals surface area (Å²) in [4.78, 5) is 19.7. The van der Waals surface area contributed by atoms with Crippen LogP contribution in [0.15, 0.2) is 54.9 Å². The number of nitrogens with zero attached hydrogens (tertiary/aromatic N) is 3. The first-order chi connectivity index (χ1) is 14.1. The maximum atomic E-state index is 10.9. The van der Waals surface area contributed by atoms with Crippen molar-refractivity contribution in [3.8, 4) is 0 Å². The van der Waals surface area contributed by atoms with Gasteiger partial charge in [-0.3, -0.25) is 0 Å². The number of imidazole rings is 1. The van der Waals surface area contributed by atoms with Crippen molar-refractivity contribution in [3.63, 3.8) is 0 Å². The molecule has 0 aliphatic rings. The predicted molar refractivity (Wildman–Crippen MR) is 112 cm³/mol. The van der Waals surface area contributed by atoms with E-state index >= 15 is 0 Å². The number of ether oxygens (including phenoxy) is 1. The molecular weight excluding hydrogens is 368 g/mol. The van der Waals surface area contributed by atoms with Gasteiger partial charge in [-0.05, 0) is 36.6 Å². The lowest BCUT2D eigenvalue weighted by molar-refractivity contribution is 0.0697. The molecule has 4 aromatic rings. The summed E-state index contributed by atoms with van der Waals surface area (Å²) in [7, 11) is 0. The molecule has 29 heavy (non-hydrogen) atoms. The van der Waals surface area contributed by atoms with Crippen molar-refractivity contribution in [3.05, 3.63) is 66.0 Å². The molecule has 0 unspecified atom stereocenters. The number of carbonyl (C=O) groups is 1. The zero-order valence-corrected chi connectivity index (χ0v) is 15.9. The second-order valence-corrected chi connectivity index (χ2v) is 6.87. The van der Waals surface area contributed by atoms with E-state index in [9.17, 15) is 4.79 Å². The molecule has 7 heteroatoms. The number of aryl methyl sites for hydroxylation is 1. The third kappa shape index (κ3) is 4.05. The van der Waals surface area contributed by atoms with E-state index in [1.807, 2.05) is 36.4 Å². The molecule has 0 amide bonds. The van der Waals surface area contributed by atoms with Gasteiger partial charge in [0.05, 0.1) is 29.5 Å². The first-order valence-electron chi connectivity index (χ1n) is 9.52. The molecule has 0 bridgehead atoms. The van der Waals surface area contributed by atoms with Crippen LogP contribution < -0.4 is 5.73 Å². The average Bonchev–Trinajstić information content (AvgIpc) is 3.16. The summed E-state index contributed by atoms with van der Waals surface area (Å²) in [5, 5.41) is 9.96. The highest BCUT2D eigenvalue weighted by atomic mass is 16.5. The molecular formula is C22H22N4O3. The van der Waals surface area contributed by atoms with Gasteiger partial charge >= 0.3 is 5.97 Å². The van der Waals surface area contributed by atoms with E-state index in [1.165, 1.54) is 0 Å². The van der Waals surface area contributed by atoms with Crippen molar-refractivity contribution >= 4 is 33.7 Å². The number of hydrogen-bond donors (Lipinski definition) is 2. The van der Waals surface area contributed by atoms with Gasteiger partial charge in [0.25, 0.3) is 0 Å². The maximum Gasteiger partial charge on any atom is 0.335 e. The van der Waals surface area contributed by atoms with Gasteiger partial charge in [-0.15, -0.1) is 0 Å². The van der Waals surface area contributed by atoms with E-state index < -0.39 is 5.97 Å². The molecule has 0 aliphatic heterocycles. The van der Waals surface area contributed by atoms with Gasteiger partial charge < -0.3 is 20.1 Å². The SMILES string of the molecule is Nc1nc2ccccc2c2c1ncn2CCOCCCc1ccc(C(=O)O)cc1. The summed E-state index contributed by atoms with van der Waals surface area (Å²) in [5.74, 6) is -0.468. The monoisotopic (exact) mass is 390 g/mol. The molecule has 0 saturated heterocycles. The normalized spacial score (nSPS) is 11.3. The minimum absolute atomic E-state index is 0.306. The van der Waals surface area contributed by atoms with Gasteiger partial charge in [0.2, 0.25) is 0 Å². The van der Waals surface area contributed by atoms with E-state index in [-0.39, 0.29) is 0 Å². The molecule has 0 spiro atoms. The van der Waals surface area contributed by atoms with Crippen LogP contribution in [0.5, 0.6) is 0 Å². The van der Waals surface area contributed by atoms with Crippen molar-refractivity contribution in [1.29, 1.82) is 0 Å². The Kier molecular flexibility index (Phi) is 5.39. The Hall–Kier alpha value is -3.45. The number of nitrogen functional groups attached to an aromatic ring is 1. The number of carboxylic acids is 1. The second kappa shape index (κ2) is 8.28. The van der Waals surface area contributed by atoms with Gasteiger partial charge in [-0.2, -0.15) is 0 Å². The lowest BCUT2D eigenvalue weighted by Gasteiger charge is -2.09. The summed E-state index contributed by atoms with van der Waals surface area (Å²) < 4.78 is 7.85. The molecule has 0 atom stereocenters. The first-order valence-corrected chi connectivity index (χ1v) is 9.52. The summed E-state index contributed by atoms with van der Waals surface area (Å²) in [6, 6.07) is 14.9. The van der Waals surface area contributed by atoms with Crippen LogP contribution >= 0.6 is 0 Å². The Morgan fingerprint density at radius 3 is 2.69 bits per heavy atom. The van der Waals surface area contributed by atoms with Crippen LogP contribution in [0.2, 0.25) is 0 Å². The number of para-hydroxylation sites is 1. The molecule has 4 rings (SSSR count). The number of rotatable bonds is 8. The van der Waals surface area contributed by atoms with E-state index in [0.717, 1.165) is 34.8 Å². The smallest absolute Gasteiger partial charge is 0.335 e. The van der Waals surface area contributed by atoms with Crippen LogP contribution in [0.3, 0.4) is 0 Å². The van der Waals surface area contributed by atoms with Gasteiger partial charge in [0, 0.05) is 18.5 Å². The lowest BCUT2D eigenvalue weighted by atomic mass is 10.1.